The summed E-state index contributed by atoms with van der Waals surface area (Å²) in [5.41, 5.74) is 1.66. The highest BCUT2D eigenvalue weighted by molar-refractivity contribution is 5.57. The van der Waals surface area contributed by atoms with Crippen molar-refractivity contribution in [2.45, 2.75) is 19.6 Å². The Balaban J connectivity index is 1.78. The third-order valence-electron chi connectivity index (χ3n) is 3.46. The van der Waals surface area contributed by atoms with Gasteiger partial charge in [0.05, 0.1) is 5.69 Å². The van der Waals surface area contributed by atoms with Crippen LogP contribution in [-0.4, -0.2) is 37.7 Å². The van der Waals surface area contributed by atoms with E-state index in [0.29, 0.717) is 28.3 Å². The van der Waals surface area contributed by atoms with Crippen LogP contribution in [0, 0.1) is 0 Å². The van der Waals surface area contributed by atoms with E-state index >= 15 is 0 Å². The van der Waals surface area contributed by atoms with Gasteiger partial charge in [-0.15, -0.1) is 0 Å². The zero-order chi connectivity index (χ0) is 20.3. The highest BCUT2D eigenvalue weighted by atomic mass is 19.4. The average Bonchev–Trinajstić information content (AvgIpc) is 3.11. The van der Waals surface area contributed by atoms with Crippen molar-refractivity contribution >= 4 is 5.57 Å². The molecule has 0 N–H and O–H groups in total. The summed E-state index contributed by atoms with van der Waals surface area (Å²) in [5.74, 6) is 0.414. The largest absolute Gasteiger partial charge is 0.454 e. The van der Waals surface area contributed by atoms with E-state index in [2.05, 4.69) is 31.5 Å². The van der Waals surface area contributed by atoms with E-state index in [4.69, 9.17) is 4.52 Å². The number of hydrogen-bond acceptors (Lipinski definition) is 7. The van der Waals surface area contributed by atoms with Crippen LogP contribution in [0.5, 0.6) is 6.01 Å². The maximum Gasteiger partial charge on any atom is 0.422 e. The summed E-state index contributed by atoms with van der Waals surface area (Å²) in [6.45, 7) is 4.09. The van der Waals surface area contributed by atoms with Gasteiger partial charge in [-0.2, -0.15) is 18.3 Å². The first-order valence-electron chi connectivity index (χ1n) is 7.93. The molecule has 0 radical (unpaired) electrons. The van der Waals surface area contributed by atoms with Gasteiger partial charge >= 0.3 is 12.2 Å². The van der Waals surface area contributed by atoms with Crippen molar-refractivity contribution in [2.75, 3.05) is 6.61 Å². The number of nitrogens with zero attached hydrogens (tertiary/aromatic N) is 5. The molecule has 0 saturated heterocycles. The van der Waals surface area contributed by atoms with Gasteiger partial charge in [0.25, 0.3) is 5.56 Å². The SMILES string of the molecule is C=C(C)c1cc(Cn2nc(-c3cnc(OCC(F)(F)F)nc3)ccc2=O)on1. The zero-order valence-electron chi connectivity index (χ0n) is 14.6. The van der Waals surface area contributed by atoms with Crippen LogP contribution in [0.25, 0.3) is 16.8 Å². The standard InChI is InChI=1S/C17H14F3N5O3/c1-10(2)14-5-12(28-24-14)8-25-15(26)4-3-13(23-25)11-6-21-16(22-7-11)27-9-17(18,19)20/h3-7H,1,8-9H2,2H3. The fourth-order valence-corrected chi connectivity index (χ4v) is 2.12. The molecule has 0 unspecified atom stereocenters. The summed E-state index contributed by atoms with van der Waals surface area (Å²) in [5, 5.41) is 8.03. The second-order valence-electron chi connectivity index (χ2n) is 5.83. The number of rotatable bonds is 6. The van der Waals surface area contributed by atoms with Gasteiger partial charge in [0.1, 0.15) is 12.2 Å². The molecule has 0 aromatic carbocycles. The number of allylic oxidation sites excluding steroid dienone is 1. The third kappa shape index (κ3) is 4.81. The van der Waals surface area contributed by atoms with Crippen molar-refractivity contribution in [2.24, 2.45) is 0 Å². The highest BCUT2D eigenvalue weighted by Gasteiger charge is 2.28. The first-order valence-corrected chi connectivity index (χ1v) is 7.93. The van der Waals surface area contributed by atoms with Crippen LogP contribution >= 0.6 is 0 Å². The van der Waals surface area contributed by atoms with Gasteiger partial charge in [-0.25, -0.2) is 14.6 Å². The Hall–Kier alpha value is -3.50. The fourth-order valence-electron chi connectivity index (χ4n) is 2.12. The lowest BCUT2D eigenvalue weighted by molar-refractivity contribution is -0.154. The molecule has 3 aromatic heterocycles. The number of ether oxygens (including phenoxy) is 1. The van der Waals surface area contributed by atoms with Crippen LogP contribution in [-0.2, 0) is 6.54 Å². The molecule has 0 aliphatic carbocycles. The van der Waals surface area contributed by atoms with Crippen molar-refractivity contribution in [3.63, 3.8) is 0 Å². The molecule has 0 aliphatic heterocycles. The summed E-state index contributed by atoms with van der Waals surface area (Å²) in [6, 6.07) is 3.99. The Morgan fingerprint density at radius 3 is 2.61 bits per heavy atom. The minimum absolute atomic E-state index is 0.0422. The van der Waals surface area contributed by atoms with Crippen molar-refractivity contribution < 1.29 is 22.4 Å². The molecule has 0 bridgehead atoms. The van der Waals surface area contributed by atoms with Crippen LogP contribution in [0.15, 0.2) is 46.5 Å². The Labute approximate surface area is 156 Å². The molecular weight excluding hydrogens is 379 g/mol. The minimum Gasteiger partial charge on any atom is -0.454 e. The van der Waals surface area contributed by atoms with E-state index in [1.165, 1.54) is 24.5 Å². The van der Waals surface area contributed by atoms with E-state index < -0.39 is 18.8 Å². The zero-order valence-corrected chi connectivity index (χ0v) is 14.6. The third-order valence-corrected chi connectivity index (χ3v) is 3.46. The van der Waals surface area contributed by atoms with E-state index in [9.17, 15) is 18.0 Å². The molecule has 146 valence electrons. The molecule has 3 heterocycles. The molecule has 0 aliphatic rings. The van der Waals surface area contributed by atoms with Gasteiger partial charge in [0.15, 0.2) is 12.4 Å². The smallest absolute Gasteiger partial charge is 0.422 e. The van der Waals surface area contributed by atoms with Crippen LogP contribution in [0.2, 0.25) is 0 Å². The molecule has 8 nitrogen and oxygen atoms in total. The average molecular weight is 393 g/mol. The topological polar surface area (TPSA) is 95.9 Å². The molecule has 0 amide bonds. The van der Waals surface area contributed by atoms with Crippen molar-refractivity contribution in [1.82, 2.24) is 24.9 Å². The number of hydrogen-bond donors (Lipinski definition) is 0. The molecule has 28 heavy (non-hydrogen) atoms. The van der Waals surface area contributed by atoms with Crippen molar-refractivity contribution in [3.8, 4) is 17.3 Å². The Kier molecular flexibility index (Phi) is 5.25. The summed E-state index contributed by atoms with van der Waals surface area (Å²) in [4.78, 5) is 19.5. The highest BCUT2D eigenvalue weighted by Crippen LogP contribution is 2.18. The van der Waals surface area contributed by atoms with Crippen molar-refractivity contribution in [1.29, 1.82) is 0 Å². The summed E-state index contributed by atoms with van der Waals surface area (Å²) in [7, 11) is 0. The normalized spacial score (nSPS) is 11.4. The predicted molar refractivity (Wildman–Crippen MR) is 91.4 cm³/mol. The van der Waals surface area contributed by atoms with Gasteiger partial charge in [0.2, 0.25) is 0 Å². The maximum absolute atomic E-state index is 12.2. The monoisotopic (exact) mass is 393 g/mol. The lowest BCUT2D eigenvalue weighted by Crippen LogP contribution is -2.22. The molecule has 0 atom stereocenters. The van der Waals surface area contributed by atoms with Crippen LogP contribution < -0.4 is 10.3 Å². The lowest BCUT2D eigenvalue weighted by atomic mass is 10.2. The molecule has 0 saturated carbocycles. The summed E-state index contributed by atoms with van der Waals surface area (Å²) < 4.78 is 47.2. The van der Waals surface area contributed by atoms with Gasteiger partial charge < -0.3 is 9.26 Å². The van der Waals surface area contributed by atoms with Crippen LogP contribution in [0.4, 0.5) is 13.2 Å². The number of aromatic nitrogens is 5. The minimum atomic E-state index is -4.48. The van der Waals surface area contributed by atoms with Crippen LogP contribution in [0.1, 0.15) is 18.4 Å². The molecular formula is C17H14F3N5O3. The van der Waals surface area contributed by atoms with Crippen LogP contribution in [0.3, 0.4) is 0 Å². The first-order chi connectivity index (χ1) is 13.2. The van der Waals surface area contributed by atoms with Gasteiger partial charge in [-0.05, 0) is 18.6 Å². The van der Waals surface area contributed by atoms with Crippen molar-refractivity contribution in [3.05, 3.63) is 59.0 Å². The van der Waals surface area contributed by atoms with Gasteiger partial charge in [-0.3, -0.25) is 4.79 Å². The second kappa shape index (κ2) is 7.62. The maximum atomic E-state index is 12.2. The van der Waals surface area contributed by atoms with E-state index in [0.717, 1.165) is 4.68 Å². The molecule has 3 rings (SSSR count). The van der Waals surface area contributed by atoms with Gasteiger partial charge in [-0.1, -0.05) is 11.7 Å². The molecule has 0 fully saturated rings. The Morgan fingerprint density at radius 1 is 1.29 bits per heavy atom. The van der Waals surface area contributed by atoms with Gasteiger partial charge in [0, 0.05) is 30.1 Å². The van der Waals surface area contributed by atoms with E-state index in [-0.39, 0.29) is 12.1 Å². The van der Waals surface area contributed by atoms with E-state index in [1.807, 2.05) is 0 Å². The summed E-state index contributed by atoms with van der Waals surface area (Å²) >= 11 is 0. The number of alkyl halides is 3. The first kappa shape index (κ1) is 19.3. The Morgan fingerprint density at radius 2 is 2.00 bits per heavy atom. The fraction of sp³-hybridized carbons (Fsp3) is 0.235. The number of halogens is 3. The lowest BCUT2D eigenvalue weighted by Gasteiger charge is -2.08. The second-order valence-corrected chi connectivity index (χ2v) is 5.83. The Bertz CT molecular complexity index is 1040. The predicted octanol–water partition coefficient (Wildman–Crippen LogP) is 2.71. The van der Waals surface area contributed by atoms with E-state index in [1.54, 1.807) is 13.0 Å². The summed E-state index contributed by atoms with van der Waals surface area (Å²) in [6.07, 6.45) is -1.98. The molecule has 11 heteroatoms. The molecule has 0 spiro atoms. The quantitative estimate of drug-likeness (QED) is 0.635. The molecule has 3 aromatic rings.